The molecule has 6 nitrogen and oxygen atoms in total. The Hall–Kier alpha value is -1.30. The molecular formula is C7H11NO5. The maximum Gasteiger partial charge on any atom is 0.410 e. The second-order valence-electron chi connectivity index (χ2n) is 3.01. The van der Waals surface area contributed by atoms with Crippen molar-refractivity contribution in [1.29, 1.82) is 0 Å². The highest BCUT2D eigenvalue weighted by Gasteiger charge is 2.46. The summed E-state index contributed by atoms with van der Waals surface area (Å²) in [5.41, 5.74) is -2.23. The minimum absolute atomic E-state index is 0.0470. The van der Waals surface area contributed by atoms with Gasteiger partial charge in [0.25, 0.3) is 0 Å². The van der Waals surface area contributed by atoms with Crippen molar-refractivity contribution in [2.24, 2.45) is 0 Å². The molecule has 0 saturated carbocycles. The summed E-state index contributed by atoms with van der Waals surface area (Å²) in [6.07, 6.45) is -0.340. The standard InChI is InChI=1S/C7H11NO5/c9-5(10)7(13)3-1-2-4-8(7)6(11)12/h13H,1-4H2,(H,9,10)(H,11,12). The first kappa shape index (κ1) is 9.79. The number of rotatable bonds is 1. The Labute approximate surface area is 74.4 Å². The number of hydrogen-bond acceptors (Lipinski definition) is 3. The lowest BCUT2D eigenvalue weighted by atomic mass is 9.99. The maximum atomic E-state index is 10.6. The van der Waals surface area contributed by atoms with Gasteiger partial charge in [-0.15, -0.1) is 0 Å². The molecule has 0 spiro atoms. The van der Waals surface area contributed by atoms with Crippen LogP contribution in [-0.2, 0) is 4.79 Å². The largest absolute Gasteiger partial charge is 0.478 e. The smallest absolute Gasteiger partial charge is 0.410 e. The Morgan fingerprint density at radius 1 is 1.23 bits per heavy atom. The number of likely N-dealkylation sites (tertiary alicyclic amines) is 1. The number of carbonyl (C=O) groups is 2. The number of nitrogens with zero attached hydrogens (tertiary/aromatic N) is 1. The zero-order valence-electron chi connectivity index (χ0n) is 6.93. The lowest BCUT2D eigenvalue weighted by Crippen LogP contribution is -2.59. The molecule has 1 heterocycles. The van der Waals surface area contributed by atoms with Crippen LogP contribution in [0.4, 0.5) is 4.79 Å². The van der Waals surface area contributed by atoms with Gasteiger partial charge in [-0.2, -0.15) is 0 Å². The summed E-state index contributed by atoms with van der Waals surface area (Å²) in [6, 6.07) is 0. The molecule has 1 amide bonds. The quantitative estimate of drug-likeness (QED) is 0.536. The van der Waals surface area contributed by atoms with Crippen molar-refractivity contribution in [2.45, 2.75) is 25.0 Å². The summed E-state index contributed by atoms with van der Waals surface area (Å²) in [5.74, 6) is -1.50. The van der Waals surface area contributed by atoms with Crippen LogP contribution >= 0.6 is 0 Å². The van der Waals surface area contributed by atoms with Crippen LogP contribution in [0.5, 0.6) is 0 Å². The molecule has 1 fully saturated rings. The van der Waals surface area contributed by atoms with Crippen LogP contribution in [0.2, 0.25) is 0 Å². The van der Waals surface area contributed by atoms with Crippen LogP contribution in [0.25, 0.3) is 0 Å². The van der Waals surface area contributed by atoms with E-state index in [-0.39, 0.29) is 13.0 Å². The summed E-state index contributed by atoms with van der Waals surface area (Å²) in [4.78, 5) is 21.8. The summed E-state index contributed by atoms with van der Waals surface area (Å²) >= 11 is 0. The summed E-state index contributed by atoms with van der Waals surface area (Å²) in [6.45, 7) is 0.0676. The highest BCUT2D eigenvalue weighted by atomic mass is 16.4. The number of aliphatic carboxylic acids is 1. The van der Waals surface area contributed by atoms with Gasteiger partial charge in [-0.25, -0.2) is 9.59 Å². The first-order valence-electron chi connectivity index (χ1n) is 3.95. The van der Waals surface area contributed by atoms with E-state index in [1.54, 1.807) is 0 Å². The molecule has 0 bridgehead atoms. The third kappa shape index (κ3) is 1.57. The minimum Gasteiger partial charge on any atom is -0.478 e. The SMILES string of the molecule is O=C(O)N1CCCCC1(O)C(=O)O. The highest BCUT2D eigenvalue weighted by molar-refractivity contribution is 5.82. The molecule has 0 radical (unpaired) electrons. The van der Waals surface area contributed by atoms with Gasteiger partial charge in [0.05, 0.1) is 0 Å². The fraction of sp³-hybridized carbons (Fsp3) is 0.714. The van der Waals surface area contributed by atoms with E-state index < -0.39 is 17.8 Å². The molecule has 0 aliphatic carbocycles. The van der Waals surface area contributed by atoms with E-state index in [1.165, 1.54) is 0 Å². The first-order chi connectivity index (χ1) is 5.98. The van der Waals surface area contributed by atoms with Crippen LogP contribution in [-0.4, -0.2) is 44.6 Å². The van der Waals surface area contributed by atoms with E-state index in [0.29, 0.717) is 17.7 Å². The lowest BCUT2D eigenvalue weighted by Gasteiger charge is -2.37. The van der Waals surface area contributed by atoms with Crippen molar-refractivity contribution >= 4 is 12.1 Å². The van der Waals surface area contributed by atoms with Gasteiger partial charge in [-0.3, -0.25) is 4.90 Å². The molecule has 1 atom stereocenters. The van der Waals surface area contributed by atoms with E-state index in [9.17, 15) is 14.7 Å². The van der Waals surface area contributed by atoms with Crippen molar-refractivity contribution in [2.75, 3.05) is 6.54 Å². The van der Waals surface area contributed by atoms with Gasteiger partial charge in [-0.1, -0.05) is 0 Å². The summed E-state index contributed by atoms with van der Waals surface area (Å²) in [5, 5.41) is 26.8. The van der Waals surface area contributed by atoms with Gasteiger partial charge in [-0.05, 0) is 12.8 Å². The molecule has 1 rings (SSSR count). The van der Waals surface area contributed by atoms with Gasteiger partial charge in [0.2, 0.25) is 5.72 Å². The van der Waals surface area contributed by atoms with Gasteiger partial charge in [0.1, 0.15) is 0 Å². The second kappa shape index (κ2) is 3.21. The molecule has 74 valence electrons. The van der Waals surface area contributed by atoms with E-state index in [4.69, 9.17) is 10.2 Å². The van der Waals surface area contributed by atoms with Crippen LogP contribution in [0, 0.1) is 0 Å². The molecule has 1 aliphatic heterocycles. The minimum atomic E-state index is -2.23. The fourth-order valence-electron chi connectivity index (χ4n) is 1.44. The van der Waals surface area contributed by atoms with E-state index in [1.807, 2.05) is 0 Å². The van der Waals surface area contributed by atoms with Crippen molar-refractivity contribution in [3.63, 3.8) is 0 Å². The third-order valence-corrected chi connectivity index (χ3v) is 2.18. The second-order valence-corrected chi connectivity index (χ2v) is 3.01. The molecule has 0 aromatic heterocycles. The van der Waals surface area contributed by atoms with E-state index >= 15 is 0 Å². The molecular weight excluding hydrogens is 178 g/mol. The Morgan fingerprint density at radius 3 is 2.23 bits per heavy atom. The Bertz CT molecular complexity index is 241. The zero-order valence-corrected chi connectivity index (χ0v) is 6.93. The molecule has 1 aliphatic rings. The molecule has 0 aromatic carbocycles. The molecule has 1 saturated heterocycles. The Balaban J connectivity index is 2.89. The highest BCUT2D eigenvalue weighted by Crippen LogP contribution is 2.25. The third-order valence-electron chi connectivity index (χ3n) is 2.18. The average Bonchev–Trinajstić information content (AvgIpc) is 2.04. The number of amides is 1. The van der Waals surface area contributed by atoms with Crippen LogP contribution in [0.3, 0.4) is 0 Å². The predicted molar refractivity (Wildman–Crippen MR) is 41.2 cm³/mol. The normalized spacial score (nSPS) is 28.5. The predicted octanol–water partition coefficient (Wildman–Crippen LogP) is -0.0765. The topological polar surface area (TPSA) is 98.1 Å². The van der Waals surface area contributed by atoms with Crippen molar-refractivity contribution < 1.29 is 24.9 Å². The van der Waals surface area contributed by atoms with Gasteiger partial charge < -0.3 is 15.3 Å². The zero-order chi connectivity index (χ0) is 10.1. The number of carboxylic acid groups (broad SMARTS) is 2. The van der Waals surface area contributed by atoms with E-state index in [0.717, 1.165) is 0 Å². The van der Waals surface area contributed by atoms with Crippen LogP contribution < -0.4 is 0 Å². The summed E-state index contributed by atoms with van der Waals surface area (Å²) < 4.78 is 0. The fourth-order valence-corrected chi connectivity index (χ4v) is 1.44. The lowest BCUT2D eigenvalue weighted by molar-refractivity contribution is -0.184. The number of aliphatic hydroxyl groups is 1. The Morgan fingerprint density at radius 2 is 1.85 bits per heavy atom. The molecule has 1 unspecified atom stereocenters. The average molecular weight is 189 g/mol. The van der Waals surface area contributed by atoms with Gasteiger partial charge in [0.15, 0.2) is 0 Å². The molecule has 0 aromatic rings. The monoisotopic (exact) mass is 189 g/mol. The van der Waals surface area contributed by atoms with Gasteiger partial charge >= 0.3 is 12.1 Å². The number of carboxylic acids is 1. The van der Waals surface area contributed by atoms with Crippen molar-refractivity contribution in [1.82, 2.24) is 4.90 Å². The van der Waals surface area contributed by atoms with E-state index in [2.05, 4.69) is 0 Å². The van der Waals surface area contributed by atoms with Crippen molar-refractivity contribution in [3.8, 4) is 0 Å². The first-order valence-corrected chi connectivity index (χ1v) is 3.95. The Kier molecular flexibility index (Phi) is 2.42. The van der Waals surface area contributed by atoms with Crippen molar-refractivity contribution in [3.05, 3.63) is 0 Å². The number of piperidine rings is 1. The molecule has 6 heteroatoms. The summed E-state index contributed by atoms with van der Waals surface area (Å²) in [7, 11) is 0. The van der Waals surface area contributed by atoms with Crippen LogP contribution in [0.1, 0.15) is 19.3 Å². The maximum absolute atomic E-state index is 10.6. The van der Waals surface area contributed by atoms with Crippen LogP contribution in [0.15, 0.2) is 0 Å². The number of hydrogen-bond donors (Lipinski definition) is 3. The van der Waals surface area contributed by atoms with Gasteiger partial charge in [0, 0.05) is 13.0 Å². The molecule has 13 heavy (non-hydrogen) atoms. The molecule has 3 N–H and O–H groups in total.